The average Bonchev–Trinajstić information content (AvgIpc) is 2.37. The van der Waals surface area contributed by atoms with Crippen molar-refractivity contribution < 1.29 is 24.5 Å². The minimum absolute atomic E-state index is 0.00620. The van der Waals surface area contributed by atoms with Crippen molar-refractivity contribution in [2.75, 3.05) is 6.61 Å². The standard InChI is InChI=1S/C16H22O5/c1-4-21-15(20)16(14(18)19,9-11(2)3)10-12-6-5-7-13(17)8-12/h5-8,11,17H,4,9-10H2,1-3H3,(H,18,19). The van der Waals surface area contributed by atoms with E-state index in [1.165, 1.54) is 12.1 Å². The number of carbonyl (C=O) groups is 2. The lowest BCUT2D eigenvalue weighted by Crippen LogP contribution is -2.43. The summed E-state index contributed by atoms with van der Waals surface area (Å²) in [7, 11) is 0. The lowest BCUT2D eigenvalue weighted by molar-refractivity contribution is -0.170. The molecule has 0 spiro atoms. The van der Waals surface area contributed by atoms with Crippen molar-refractivity contribution >= 4 is 11.9 Å². The van der Waals surface area contributed by atoms with Crippen molar-refractivity contribution in [3.63, 3.8) is 0 Å². The first-order valence-corrected chi connectivity index (χ1v) is 7.00. The van der Waals surface area contributed by atoms with E-state index < -0.39 is 17.4 Å². The van der Waals surface area contributed by atoms with Crippen LogP contribution in [0, 0.1) is 11.3 Å². The van der Waals surface area contributed by atoms with E-state index in [4.69, 9.17) is 4.74 Å². The van der Waals surface area contributed by atoms with Gasteiger partial charge in [0.05, 0.1) is 6.61 Å². The number of ether oxygens (including phenoxy) is 1. The molecule has 5 heteroatoms. The predicted molar refractivity (Wildman–Crippen MR) is 78.0 cm³/mol. The zero-order chi connectivity index (χ0) is 16.0. The minimum atomic E-state index is -1.63. The fourth-order valence-electron chi connectivity index (χ4n) is 2.46. The molecule has 0 amide bonds. The highest BCUT2D eigenvalue weighted by atomic mass is 16.5. The van der Waals surface area contributed by atoms with E-state index >= 15 is 0 Å². The first-order chi connectivity index (χ1) is 9.81. The second-order valence-electron chi connectivity index (χ2n) is 5.55. The fourth-order valence-corrected chi connectivity index (χ4v) is 2.46. The molecule has 0 aliphatic heterocycles. The van der Waals surface area contributed by atoms with Gasteiger partial charge in [0.25, 0.3) is 0 Å². The van der Waals surface area contributed by atoms with Gasteiger partial charge in [0, 0.05) is 0 Å². The summed E-state index contributed by atoms with van der Waals surface area (Å²) in [6.07, 6.45) is 0.171. The molecule has 0 bridgehead atoms. The fraction of sp³-hybridized carbons (Fsp3) is 0.500. The van der Waals surface area contributed by atoms with Crippen LogP contribution in [0.3, 0.4) is 0 Å². The number of hydrogen-bond acceptors (Lipinski definition) is 4. The Kier molecular flexibility index (Phi) is 5.76. The molecule has 116 valence electrons. The molecular formula is C16H22O5. The summed E-state index contributed by atoms with van der Waals surface area (Å²) in [6, 6.07) is 6.28. The Balaban J connectivity index is 3.21. The molecule has 2 N–H and O–H groups in total. The van der Waals surface area contributed by atoms with Gasteiger partial charge < -0.3 is 14.9 Å². The van der Waals surface area contributed by atoms with Gasteiger partial charge >= 0.3 is 11.9 Å². The monoisotopic (exact) mass is 294 g/mol. The molecule has 21 heavy (non-hydrogen) atoms. The van der Waals surface area contributed by atoms with Crippen LogP contribution in [0.4, 0.5) is 0 Å². The summed E-state index contributed by atoms with van der Waals surface area (Å²) in [4.78, 5) is 24.1. The van der Waals surface area contributed by atoms with E-state index in [0.29, 0.717) is 5.56 Å². The summed E-state index contributed by atoms with van der Waals surface area (Å²) in [5.74, 6) is -1.87. The van der Waals surface area contributed by atoms with Crippen LogP contribution in [0.15, 0.2) is 24.3 Å². The first-order valence-electron chi connectivity index (χ1n) is 7.00. The van der Waals surface area contributed by atoms with Crippen LogP contribution in [-0.2, 0) is 20.7 Å². The Labute approximate surface area is 124 Å². The van der Waals surface area contributed by atoms with Gasteiger partial charge in [0.15, 0.2) is 5.41 Å². The Morgan fingerprint density at radius 1 is 1.33 bits per heavy atom. The van der Waals surface area contributed by atoms with Crippen molar-refractivity contribution in [3.8, 4) is 5.75 Å². The number of carbonyl (C=O) groups excluding carboxylic acids is 1. The van der Waals surface area contributed by atoms with Crippen LogP contribution in [0.1, 0.15) is 32.8 Å². The molecule has 0 fully saturated rings. The molecule has 0 saturated carbocycles. The molecule has 0 heterocycles. The summed E-state index contributed by atoms with van der Waals surface area (Å²) in [5, 5.41) is 19.1. The molecule has 1 aromatic rings. The average molecular weight is 294 g/mol. The number of rotatable bonds is 7. The highest BCUT2D eigenvalue weighted by Gasteiger charge is 2.48. The van der Waals surface area contributed by atoms with Gasteiger partial charge in [0.1, 0.15) is 5.75 Å². The first kappa shape index (κ1) is 17.0. The van der Waals surface area contributed by atoms with Gasteiger partial charge in [-0.3, -0.25) is 9.59 Å². The Bertz CT molecular complexity index is 509. The van der Waals surface area contributed by atoms with E-state index in [-0.39, 0.29) is 31.1 Å². The summed E-state index contributed by atoms with van der Waals surface area (Å²) in [5.41, 5.74) is -1.04. The van der Waals surface area contributed by atoms with Crippen LogP contribution in [-0.4, -0.2) is 28.8 Å². The number of benzene rings is 1. The van der Waals surface area contributed by atoms with Crippen molar-refractivity contribution in [1.29, 1.82) is 0 Å². The minimum Gasteiger partial charge on any atom is -0.508 e. The third-order valence-corrected chi connectivity index (χ3v) is 3.25. The van der Waals surface area contributed by atoms with Gasteiger partial charge in [-0.05, 0) is 43.4 Å². The summed E-state index contributed by atoms with van der Waals surface area (Å²) < 4.78 is 4.99. The largest absolute Gasteiger partial charge is 0.508 e. The molecule has 0 aromatic heterocycles. The number of aromatic hydroxyl groups is 1. The molecule has 1 aromatic carbocycles. The smallest absolute Gasteiger partial charge is 0.323 e. The van der Waals surface area contributed by atoms with E-state index in [0.717, 1.165) is 0 Å². The maximum Gasteiger partial charge on any atom is 0.323 e. The topological polar surface area (TPSA) is 83.8 Å². The predicted octanol–water partition coefficient (Wildman–Crippen LogP) is 2.61. The SMILES string of the molecule is CCOC(=O)C(Cc1cccc(O)c1)(CC(C)C)C(=O)O. The maximum absolute atomic E-state index is 12.3. The third-order valence-electron chi connectivity index (χ3n) is 3.25. The summed E-state index contributed by atoms with van der Waals surface area (Å²) >= 11 is 0. The molecule has 0 radical (unpaired) electrons. The number of phenolic OH excluding ortho intramolecular Hbond substituents is 1. The quantitative estimate of drug-likeness (QED) is 0.596. The van der Waals surface area contributed by atoms with Gasteiger partial charge in [-0.25, -0.2) is 0 Å². The van der Waals surface area contributed by atoms with Gasteiger partial charge in [-0.15, -0.1) is 0 Å². The molecule has 0 saturated heterocycles. The Hall–Kier alpha value is -2.04. The molecule has 1 rings (SSSR count). The second kappa shape index (κ2) is 7.11. The molecule has 1 atom stereocenters. The van der Waals surface area contributed by atoms with E-state index in [2.05, 4.69) is 0 Å². The van der Waals surface area contributed by atoms with Crippen LogP contribution < -0.4 is 0 Å². The number of carboxylic acids is 1. The third kappa shape index (κ3) is 4.21. The van der Waals surface area contributed by atoms with Crippen LogP contribution >= 0.6 is 0 Å². The van der Waals surface area contributed by atoms with E-state index in [9.17, 15) is 19.8 Å². The van der Waals surface area contributed by atoms with Gasteiger partial charge in [-0.2, -0.15) is 0 Å². The van der Waals surface area contributed by atoms with Crippen LogP contribution in [0.2, 0.25) is 0 Å². The zero-order valence-electron chi connectivity index (χ0n) is 12.6. The number of phenols is 1. The summed E-state index contributed by atoms with van der Waals surface area (Å²) in [6.45, 7) is 5.50. The Morgan fingerprint density at radius 3 is 2.48 bits per heavy atom. The Morgan fingerprint density at radius 2 is 2.00 bits per heavy atom. The van der Waals surface area contributed by atoms with Gasteiger partial charge in [0.2, 0.25) is 0 Å². The van der Waals surface area contributed by atoms with E-state index in [1.807, 2.05) is 13.8 Å². The lowest BCUT2D eigenvalue weighted by Gasteiger charge is -2.29. The second-order valence-corrected chi connectivity index (χ2v) is 5.55. The molecule has 0 aliphatic rings. The number of carboxylic acid groups (broad SMARTS) is 1. The molecule has 1 unspecified atom stereocenters. The normalized spacial score (nSPS) is 13.7. The van der Waals surface area contributed by atoms with Crippen molar-refractivity contribution in [3.05, 3.63) is 29.8 Å². The number of esters is 1. The number of hydrogen-bond donors (Lipinski definition) is 2. The maximum atomic E-state index is 12.3. The van der Waals surface area contributed by atoms with E-state index in [1.54, 1.807) is 19.1 Å². The number of aliphatic carboxylic acids is 1. The van der Waals surface area contributed by atoms with Crippen LogP contribution in [0.25, 0.3) is 0 Å². The van der Waals surface area contributed by atoms with Crippen LogP contribution in [0.5, 0.6) is 5.75 Å². The van der Waals surface area contributed by atoms with Crippen molar-refractivity contribution in [2.45, 2.75) is 33.6 Å². The van der Waals surface area contributed by atoms with Crippen molar-refractivity contribution in [2.24, 2.45) is 11.3 Å². The lowest BCUT2D eigenvalue weighted by atomic mass is 9.75. The highest BCUT2D eigenvalue weighted by molar-refractivity contribution is 5.99. The molecule has 5 nitrogen and oxygen atoms in total. The highest BCUT2D eigenvalue weighted by Crippen LogP contribution is 2.34. The molecular weight excluding hydrogens is 272 g/mol. The van der Waals surface area contributed by atoms with Gasteiger partial charge in [-0.1, -0.05) is 26.0 Å². The zero-order valence-corrected chi connectivity index (χ0v) is 12.6. The van der Waals surface area contributed by atoms with Crippen molar-refractivity contribution in [1.82, 2.24) is 0 Å². The molecule has 0 aliphatic carbocycles.